The van der Waals surface area contributed by atoms with Crippen molar-refractivity contribution >= 4 is 35.0 Å². The van der Waals surface area contributed by atoms with Crippen LogP contribution in [0.3, 0.4) is 0 Å². The maximum atomic E-state index is 14.4. The molecule has 0 radical (unpaired) electrons. The molecule has 1 unspecified atom stereocenters. The minimum atomic E-state index is -0.957. The Kier molecular flexibility index (Phi) is 9.05. The largest absolute Gasteiger partial charge is 0.493 e. The van der Waals surface area contributed by atoms with Gasteiger partial charge in [-0.25, -0.2) is 14.5 Å². The third kappa shape index (κ3) is 6.41. The van der Waals surface area contributed by atoms with Gasteiger partial charge in [0.1, 0.15) is 5.69 Å². The molecule has 0 amide bonds. The highest BCUT2D eigenvalue weighted by atomic mass is 32.1. The molecule has 0 aliphatic carbocycles. The third-order valence-corrected chi connectivity index (χ3v) is 8.64. The average molecular weight is 680 g/mol. The number of aromatic nitrogens is 3. The van der Waals surface area contributed by atoms with Crippen LogP contribution in [0.4, 0.5) is 5.69 Å². The van der Waals surface area contributed by atoms with Gasteiger partial charge in [0.05, 0.1) is 46.2 Å². The van der Waals surface area contributed by atoms with Crippen LogP contribution in [-0.4, -0.2) is 44.9 Å². The summed E-state index contributed by atoms with van der Waals surface area (Å²) in [5.74, 6) is -0.776. The zero-order valence-electron chi connectivity index (χ0n) is 26.8. The Morgan fingerprint density at radius 1 is 1.06 bits per heavy atom. The topological polar surface area (TPSA) is 157 Å². The predicted octanol–water partition coefficient (Wildman–Crippen LogP) is 4.49. The van der Waals surface area contributed by atoms with Gasteiger partial charge in [-0.3, -0.25) is 24.3 Å². The summed E-state index contributed by atoms with van der Waals surface area (Å²) >= 11 is 1.12. The van der Waals surface area contributed by atoms with Crippen molar-refractivity contribution in [2.45, 2.75) is 26.8 Å². The summed E-state index contributed by atoms with van der Waals surface area (Å²) in [4.78, 5) is 55.5. The molecular formula is C35H29N5O8S. The molecule has 1 aliphatic rings. The summed E-state index contributed by atoms with van der Waals surface area (Å²) in [6.45, 7) is 4.73. The molecule has 3 heterocycles. The number of nitro groups is 1. The summed E-state index contributed by atoms with van der Waals surface area (Å²) < 4.78 is 19.5. The van der Waals surface area contributed by atoms with Gasteiger partial charge in [-0.15, -0.1) is 0 Å². The van der Waals surface area contributed by atoms with E-state index in [0.717, 1.165) is 17.0 Å². The fourth-order valence-corrected chi connectivity index (χ4v) is 6.58. The minimum Gasteiger partial charge on any atom is -0.493 e. The highest BCUT2D eigenvalue weighted by Gasteiger charge is 2.34. The van der Waals surface area contributed by atoms with Crippen LogP contribution in [0.1, 0.15) is 37.9 Å². The van der Waals surface area contributed by atoms with Crippen molar-refractivity contribution in [1.82, 2.24) is 14.3 Å². The second-order valence-electron chi connectivity index (χ2n) is 10.8. The minimum absolute atomic E-state index is 0.103. The second kappa shape index (κ2) is 13.5. The fraction of sp³-hybridized carbons (Fsp3) is 0.171. The summed E-state index contributed by atoms with van der Waals surface area (Å²) in [7, 11) is 1.42. The molecule has 3 aromatic carbocycles. The molecular weight excluding hydrogens is 650 g/mol. The average Bonchev–Trinajstić information content (AvgIpc) is 3.65. The molecule has 1 aliphatic heterocycles. The first-order valence-electron chi connectivity index (χ1n) is 15.1. The Hall–Kier alpha value is -6.15. The van der Waals surface area contributed by atoms with Crippen LogP contribution in [0, 0.1) is 10.1 Å². The molecule has 14 heteroatoms. The number of non-ortho nitro benzene ring substituents is 1. The highest BCUT2D eigenvalue weighted by molar-refractivity contribution is 7.07. The number of fused-ring (bicyclic) bond motifs is 1. The second-order valence-corrected chi connectivity index (χ2v) is 11.8. The Labute approximate surface area is 282 Å². The quantitative estimate of drug-likeness (QED) is 0.0948. The molecule has 1 atom stereocenters. The van der Waals surface area contributed by atoms with E-state index in [9.17, 15) is 24.5 Å². The van der Waals surface area contributed by atoms with Gasteiger partial charge in [-0.2, -0.15) is 5.10 Å². The number of benzene rings is 3. The monoisotopic (exact) mass is 679 g/mol. The number of nitrogens with zero attached hydrogens (tertiary/aromatic N) is 5. The number of hydrogen-bond acceptors (Lipinski definition) is 11. The van der Waals surface area contributed by atoms with Crippen molar-refractivity contribution in [3.8, 4) is 28.4 Å². The Bertz CT molecular complexity index is 2340. The smallest absolute Gasteiger partial charge is 0.338 e. The number of para-hydroxylation sites is 1. The Balaban J connectivity index is 1.57. The van der Waals surface area contributed by atoms with E-state index in [1.165, 1.54) is 36.8 Å². The van der Waals surface area contributed by atoms with Gasteiger partial charge in [0.15, 0.2) is 16.3 Å². The van der Waals surface area contributed by atoms with Gasteiger partial charge >= 0.3 is 11.9 Å². The number of thiazole rings is 1. The predicted molar refractivity (Wildman–Crippen MR) is 180 cm³/mol. The number of carbonyl (C=O) groups is 2. The lowest BCUT2D eigenvalue weighted by atomic mass is 9.95. The van der Waals surface area contributed by atoms with Crippen molar-refractivity contribution in [3.63, 3.8) is 0 Å². The van der Waals surface area contributed by atoms with Gasteiger partial charge in [0, 0.05) is 36.4 Å². The van der Waals surface area contributed by atoms with E-state index in [4.69, 9.17) is 19.3 Å². The first-order chi connectivity index (χ1) is 23.6. The van der Waals surface area contributed by atoms with E-state index < -0.39 is 28.5 Å². The maximum Gasteiger partial charge on any atom is 0.338 e. The molecule has 0 saturated heterocycles. The first-order valence-corrected chi connectivity index (χ1v) is 15.9. The summed E-state index contributed by atoms with van der Waals surface area (Å²) in [6.07, 6.45) is 3.41. The van der Waals surface area contributed by atoms with Crippen LogP contribution in [0.2, 0.25) is 0 Å². The van der Waals surface area contributed by atoms with Gasteiger partial charge in [-0.1, -0.05) is 47.7 Å². The van der Waals surface area contributed by atoms with Crippen LogP contribution in [0.15, 0.2) is 100 Å². The molecule has 2 aromatic heterocycles. The Morgan fingerprint density at radius 3 is 2.53 bits per heavy atom. The van der Waals surface area contributed by atoms with Crippen molar-refractivity contribution < 1.29 is 28.7 Å². The molecule has 248 valence electrons. The molecule has 0 bridgehead atoms. The lowest BCUT2D eigenvalue weighted by molar-refractivity contribution is -0.384. The number of ether oxygens (including phenoxy) is 3. The van der Waals surface area contributed by atoms with Crippen molar-refractivity contribution in [2.75, 3.05) is 13.7 Å². The normalized spacial score (nSPS) is 14.2. The van der Waals surface area contributed by atoms with Gasteiger partial charge in [0.2, 0.25) is 0 Å². The number of allylic oxidation sites excluding steroid dienone is 1. The number of hydrogen-bond donors (Lipinski definition) is 0. The summed E-state index contributed by atoms with van der Waals surface area (Å²) in [6, 6.07) is 19.3. The van der Waals surface area contributed by atoms with Crippen LogP contribution in [-0.2, 0) is 14.3 Å². The van der Waals surface area contributed by atoms with Crippen molar-refractivity contribution in [2.24, 2.45) is 4.99 Å². The van der Waals surface area contributed by atoms with E-state index in [2.05, 4.69) is 4.99 Å². The third-order valence-electron chi connectivity index (χ3n) is 7.65. The van der Waals surface area contributed by atoms with E-state index in [1.54, 1.807) is 55.1 Å². The molecule has 0 saturated carbocycles. The van der Waals surface area contributed by atoms with E-state index >= 15 is 0 Å². The van der Waals surface area contributed by atoms with Crippen LogP contribution < -0.4 is 24.4 Å². The van der Waals surface area contributed by atoms with E-state index in [-0.39, 0.29) is 33.9 Å². The number of esters is 2. The molecule has 13 nitrogen and oxygen atoms in total. The van der Waals surface area contributed by atoms with E-state index in [1.807, 2.05) is 30.3 Å². The zero-order chi connectivity index (χ0) is 34.8. The number of rotatable bonds is 9. The maximum absolute atomic E-state index is 14.4. The molecule has 6 rings (SSSR count). The number of nitro benzene ring substituents is 1. The fourth-order valence-electron chi connectivity index (χ4n) is 5.54. The SMILES string of the molecule is CCOC(=O)C1=C(C)N=c2s/c(=C/c3cn(-c4ccccc4)nc3-c3cccc([N+](=O)[O-])c3)c(=O)n2C1c1ccc(OC(C)=O)c(OC)c1. The van der Waals surface area contributed by atoms with E-state index in [0.29, 0.717) is 32.9 Å². The number of carbonyl (C=O) groups excluding carboxylic acids is 2. The lowest BCUT2D eigenvalue weighted by Crippen LogP contribution is -2.40. The molecule has 5 aromatic rings. The van der Waals surface area contributed by atoms with Crippen molar-refractivity contribution in [1.29, 1.82) is 0 Å². The van der Waals surface area contributed by atoms with Gasteiger partial charge in [0.25, 0.3) is 11.2 Å². The van der Waals surface area contributed by atoms with Crippen molar-refractivity contribution in [3.05, 3.63) is 131 Å². The van der Waals surface area contributed by atoms with Crippen LogP contribution in [0.25, 0.3) is 23.0 Å². The standard InChI is InChI=1S/C35H29N5O8S/c1-5-47-34(43)30-20(2)36-35-39(32(30)23-14-15-27(48-21(3)41)28(17-23)46-4)33(42)29(49-35)18-24-19-38(25-11-7-6-8-12-25)37-31(24)22-10-9-13-26(16-22)40(44)45/h6-19,32H,5H2,1-4H3/b29-18+. The molecule has 0 spiro atoms. The zero-order valence-corrected chi connectivity index (χ0v) is 27.6. The van der Waals surface area contributed by atoms with Gasteiger partial charge < -0.3 is 14.2 Å². The highest BCUT2D eigenvalue weighted by Crippen LogP contribution is 2.36. The molecule has 0 fully saturated rings. The first kappa shape index (κ1) is 32.8. The molecule has 49 heavy (non-hydrogen) atoms. The van der Waals surface area contributed by atoms with Crippen LogP contribution in [0.5, 0.6) is 11.5 Å². The molecule has 0 N–H and O–H groups in total. The summed E-state index contributed by atoms with van der Waals surface area (Å²) in [5.41, 5.74) is 2.66. The Morgan fingerprint density at radius 2 is 1.84 bits per heavy atom. The lowest BCUT2D eigenvalue weighted by Gasteiger charge is -2.25. The summed E-state index contributed by atoms with van der Waals surface area (Å²) in [5, 5.41) is 16.3. The van der Waals surface area contributed by atoms with Crippen LogP contribution >= 0.6 is 11.3 Å². The number of methoxy groups -OCH3 is 1. The van der Waals surface area contributed by atoms with Gasteiger partial charge in [-0.05, 0) is 49.8 Å².